The van der Waals surface area contributed by atoms with Crippen LogP contribution in [0.1, 0.15) is 31.2 Å². The zero-order valence-electron chi connectivity index (χ0n) is 14.8. The van der Waals surface area contributed by atoms with Gasteiger partial charge in [-0.3, -0.25) is 4.79 Å². The molecule has 0 radical (unpaired) electrons. The molecule has 2 N–H and O–H groups in total. The molecule has 4 nitrogen and oxygen atoms in total. The average Bonchev–Trinajstić information content (AvgIpc) is 2.89. The molecule has 1 aliphatic heterocycles. The first-order valence-corrected chi connectivity index (χ1v) is 9.17. The fourth-order valence-corrected chi connectivity index (χ4v) is 3.23. The van der Waals surface area contributed by atoms with E-state index < -0.39 is 0 Å². The van der Waals surface area contributed by atoms with E-state index in [1.54, 1.807) is 12.1 Å². The van der Waals surface area contributed by atoms with Crippen molar-refractivity contribution < 1.29 is 13.9 Å². The van der Waals surface area contributed by atoms with Crippen LogP contribution in [0.25, 0.3) is 0 Å². The number of halogens is 1. The lowest BCUT2D eigenvalue weighted by Gasteiger charge is -2.14. The molecule has 26 heavy (non-hydrogen) atoms. The summed E-state index contributed by atoms with van der Waals surface area (Å²) in [6, 6.07) is 13.6. The molecule has 0 aliphatic carbocycles. The molecule has 1 fully saturated rings. The Bertz CT molecular complexity index is 727. The molecular formula is C21H25FN2O2. The molecule has 1 atom stereocenters. The monoisotopic (exact) mass is 356 g/mol. The first kappa shape index (κ1) is 18.4. The summed E-state index contributed by atoms with van der Waals surface area (Å²) in [7, 11) is 0. The minimum Gasteiger partial charge on any atom is -0.489 e. The highest BCUT2D eigenvalue weighted by molar-refractivity contribution is 5.91. The maximum atomic E-state index is 13.2. The second kappa shape index (κ2) is 9.34. The lowest BCUT2D eigenvalue weighted by molar-refractivity contribution is -0.117. The summed E-state index contributed by atoms with van der Waals surface area (Å²) in [4.78, 5) is 12.3. The van der Waals surface area contributed by atoms with Crippen LogP contribution in [0.3, 0.4) is 0 Å². The number of nitrogens with one attached hydrogen (secondary N) is 2. The first-order valence-electron chi connectivity index (χ1n) is 9.17. The van der Waals surface area contributed by atoms with Gasteiger partial charge in [0.2, 0.25) is 5.91 Å². The average molecular weight is 356 g/mol. The molecule has 0 aromatic heterocycles. The molecule has 5 heteroatoms. The molecule has 0 bridgehead atoms. The predicted molar refractivity (Wildman–Crippen MR) is 101 cm³/mol. The summed E-state index contributed by atoms with van der Waals surface area (Å²) in [6.45, 7) is 2.31. The van der Waals surface area contributed by atoms with Crippen LogP contribution in [0.2, 0.25) is 0 Å². The van der Waals surface area contributed by atoms with Crippen molar-refractivity contribution in [1.29, 1.82) is 0 Å². The van der Waals surface area contributed by atoms with E-state index in [1.807, 2.05) is 24.3 Å². The van der Waals surface area contributed by atoms with Crippen molar-refractivity contribution in [2.45, 2.75) is 32.3 Å². The van der Waals surface area contributed by atoms with E-state index in [2.05, 4.69) is 10.6 Å². The standard InChI is InChI=1S/C21H25FN2O2/c22-18-6-1-4-17(12-18)15-26-20-8-2-7-19(14-20)24-21(25)13-16-5-3-10-23-11-9-16/h1-2,4,6-8,12,14,16,23H,3,5,9-11,13,15H2,(H,24,25). The van der Waals surface area contributed by atoms with Crippen molar-refractivity contribution in [3.63, 3.8) is 0 Å². The van der Waals surface area contributed by atoms with E-state index in [0.29, 0.717) is 18.1 Å². The van der Waals surface area contributed by atoms with Gasteiger partial charge in [0, 0.05) is 18.2 Å². The smallest absolute Gasteiger partial charge is 0.224 e. The number of amides is 1. The Labute approximate surface area is 153 Å². The second-order valence-corrected chi connectivity index (χ2v) is 6.75. The summed E-state index contributed by atoms with van der Waals surface area (Å²) in [5.41, 5.74) is 1.49. The molecule has 1 aliphatic rings. The zero-order chi connectivity index (χ0) is 18.2. The maximum absolute atomic E-state index is 13.2. The van der Waals surface area contributed by atoms with Gasteiger partial charge in [0.25, 0.3) is 0 Å². The van der Waals surface area contributed by atoms with Crippen LogP contribution in [0.4, 0.5) is 10.1 Å². The number of ether oxygens (including phenoxy) is 1. The molecule has 0 spiro atoms. The number of carbonyl (C=O) groups excluding carboxylic acids is 1. The van der Waals surface area contributed by atoms with E-state index in [4.69, 9.17) is 4.74 Å². The topological polar surface area (TPSA) is 50.4 Å². The molecule has 3 rings (SSSR count). The van der Waals surface area contributed by atoms with Crippen LogP contribution >= 0.6 is 0 Å². The second-order valence-electron chi connectivity index (χ2n) is 6.75. The van der Waals surface area contributed by atoms with Crippen LogP contribution in [-0.2, 0) is 11.4 Å². The van der Waals surface area contributed by atoms with Crippen LogP contribution in [0.15, 0.2) is 48.5 Å². The summed E-state index contributed by atoms with van der Waals surface area (Å²) in [6.07, 6.45) is 3.82. The number of hydrogen-bond donors (Lipinski definition) is 2. The molecule has 1 amide bonds. The zero-order valence-corrected chi connectivity index (χ0v) is 14.8. The van der Waals surface area contributed by atoms with Crippen molar-refractivity contribution in [3.05, 3.63) is 59.9 Å². The molecule has 138 valence electrons. The Morgan fingerprint density at radius 1 is 1.15 bits per heavy atom. The Balaban J connectivity index is 1.52. The Kier molecular flexibility index (Phi) is 6.61. The largest absolute Gasteiger partial charge is 0.489 e. The summed E-state index contributed by atoms with van der Waals surface area (Å²) >= 11 is 0. The maximum Gasteiger partial charge on any atom is 0.224 e. The third-order valence-electron chi connectivity index (χ3n) is 4.58. The molecular weight excluding hydrogens is 331 g/mol. The number of carbonyl (C=O) groups is 1. The van der Waals surface area contributed by atoms with Gasteiger partial charge >= 0.3 is 0 Å². The van der Waals surface area contributed by atoms with Gasteiger partial charge in [0.05, 0.1) is 0 Å². The highest BCUT2D eigenvalue weighted by atomic mass is 19.1. The fourth-order valence-electron chi connectivity index (χ4n) is 3.23. The Morgan fingerprint density at radius 3 is 2.92 bits per heavy atom. The molecule has 0 saturated carbocycles. The van der Waals surface area contributed by atoms with E-state index in [0.717, 1.165) is 43.6 Å². The number of rotatable bonds is 6. The minimum absolute atomic E-state index is 0.0409. The van der Waals surface area contributed by atoms with Gasteiger partial charge < -0.3 is 15.4 Å². The van der Waals surface area contributed by atoms with Crippen molar-refractivity contribution in [2.24, 2.45) is 5.92 Å². The van der Waals surface area contributed by atoms with Gasteiger partial charge in [-0.15, -0.1) is 0 Å². The van der Waals surface area contributed by atoms with Gasteiger partial charge in [-0.25, -0.2) is 4.39 Å². The van der Waals surface area contributed by atoms with Gasteiger partial charge in [0.15, 0.2) is 0 Å². The minimum atomic E-state index is -0.277. The van der Waals surface area contributed by atoms with E-state index in [1.165, 1.54) is 12.1 Å². The van der Waals surface area contributed by atoms with Crippen LogP contribution < -0.4 is 15.4 Å². The molecule has 1 unspecified atom stereocenters. The number of benzene rings is 2. The SMILES string of the molecule is O=C(CC1CCCNCC1)Nc1cccc(OCc2cccc(F)c2)c1. The summed E-state index contributed by atoms with van der Waals surface area (Å²) in [5, 5.41) is 6.32. The summed E-state index contributed by atoms with van der Waals surface area (Å²) in [5.74, 6) is 0.850. The normalized spacial score (nSPS) is 17.3. The van der Waals surface area contributed by atoms with Gasteiger partial charge in [-0.1, -0.05) is 18.2 Å². The molecule has 2 aromatic rings. The van der Waals surface area contributed by atoms with E-state index >= 15 is 0 Å². The molecule has 1 heterocycles. The number of hydrogen-bond acceptors (Lipinski definition) is 3. The third-order valence-corrected chi connectivity index (χ3v) is 4.58. The van der Waals surface area contributed by atoms with E-state index in [9.17, 15) is 9.18 Å². The van der Waals surface area contributed by atoms with Gasteiger partial charge in [0.1, 0.15) is 18.2 Å². The molecule has 1 saturated heterocycles. The summed E-state index contributed by atoms with van der Waals surface area (Å²) < 4.78 is 18.9. The highest BCUT2D eigenvalue weighted by Crippen LogP contribution is 2.21. The van der Waals surface area contributed by atoms with Crippen molar-refractivity contribution >= 4 is 11.6 Å². The number of anilines is 1. The lowest BCUT2D eigenvalue weighted by Crippen LogP contribution is -2.18. The van der Waals surface area contributed by atoms with Crippen LogP contribution in [0, 0.1) is 11.7 Å². The van der Waals surface area contributed by atoms with Crippen molar-refractivity contribution in [2.75, 3.05) is 18.4 Å². The lowest BCUT2D eigenvalue weighted by atomic mass is 9.96. The Morgan fingerprint density at radius 2 is 2.04 bits per heavy atom. The van der Waals surface area contributed by atoms with Gasteiger partial charge in [-0.05, 0) is 68.1 Å². The van der Waals surface area contributed by atoms with Crippen molar-refractivity contribution in [1.82, 2.24) is 5.32 Å². The quantitative estimate of drug-likeness (QED) is 0.818. The van der Waals surface area contributed by atoms with Crippen molar-refractivity contribution in [3.8, 4) is 5.75 Å². The van der Waals surface area contributed by atoms with Crippen LogP contribution in [-0.4, -0.2) is 19.0 Å². The molecule has 2 aromatic carbocycles. The Hall–Kier alpha value is -2.40. The highest BCUT2D eigenvalue weighted by Gasteiger charge is 2.16. The van der Waals surface area contributed by atoms with E-state index in [-0.39, 0.29) is 18.3 Å². The predicted octanol–water partition coefficient (Wildman–Crippen LogP) is 4.12. The van der Waals surface area contributed by atoms with Crippen LogP contribution in [0.5, 0.6) is 5.75 Å². The first-order chi connectivity index (χ1) is 12.7. The fraction of sp³-hybridized carbons (Fsp3) is 0.381. The van der Waals surface area contributed by atoms with Gasteiger partial charge in [-0.2, -0.15) is 0 Å². The third kappa shape index (κ3) is 5.85.